The van der Waals surface area contributed by atoms with Crippen LogP contribution in [0, 0.1) is 0 Å². The normalized spacial score (nSPS) is 17.1. The first kappa shape index (κ1) is 12.9. The van der Waals surface area contributed by atoms with Crippen molar-refractivity contribution in [1.29, 1.82) is 0 Å². The van der Waals surface area contributed by atoms with E-state index in [0.29, 0.717) is 0 Å². The van der Waals surface area contributed by atoms with Gasteiger partial charge in [-0.25, -0.2) is 4.98 Å². The monoisotopic (exact) mass is 275 g/mol. The molecule has 0 atom stereocenters. The highest BCUT2D eigenvalue weighted by atomic mass is 32.1. The summed E-state index contributed by atoms with van der Waals surface area (Å²) in [7, 11) is 0. The van der Waals surface area contributed by atoms with Gasteiger partial charge in [-0.15, -0.1) is 0 Å². The fraction of sp³-hybridized carbons (Fsp3) is 0.533. The zero-order valence-electron chi connectivity index (χ0n) is 11.9. The van der Waals surface area contributed by atoms with Crippen LogP contribution in [0.5, 0.6) is 0 Å². The van der Waals surface area contributed by atoms with Gasteiger partial charge in [-0.2, -0.15) is 0 Å². The van der Waals surface area contributed by atoms with Crippen molar-refractivity contribution >= 4 is 26.7 Å². The summed E-state index contributed by atoms with van der Waals surface area (Å²) in [4.78, 5) is 7.32. The third-order valence-electron chi connectivity index (χ3n) is 3.60. The van der Waals surface area contributed by atoms with E-state index in [1.807, 2.05) is 11.3 Å². The topological polar surface area (TPSA) is 28.2 Å². The lowest BCUT2D eigenvalue weighted by atomic mass is 9.86. The molecule has 1 fully saturated rings. The van der Waals surface area contributed by atoms with Gasteiger partial charge in [-0.3, -0.25) is 0 Å². The number of para-hydroxylation sites is 1. The van der Waals surface area contributed by atoms with E-state index in [0.717, 1.165) is 26.2 Å². The van der Waals surface area contributed by atoms with Gasteiger partial charge in [-0.05, 0) is 17.0 Å². The predicted octanol–water partition coefficient (Wildman–Crippen LogP) is 3.00. The van der Waals surface area contributed by atoms with Gasteiger partial charge in [-0.1, -0.05) is 44.2 Å². The molecule has 2 heterocycles. The molecule has 4 heteroatoms. The summed E-state index contributed by atoms with van der Waals surface area (Å²) in [6.07, 6.45) is 0. The molecule has 0 bridgehead atoms. The van der Waals surface area contributed by atoms with Crippen molar-refractivity contribution < 1.29 is 0 Å². The van der Waals surface area contributed by atoms with Crippen LogP contribution < -0.4 is 10.2 Å². The smallest absolute Gasteiger partial charge is 0.186 e. The highest BCUT2D eigenvalue weighted by molar-refractivity contribution is 7.22. The van der Waals surface area contributed by atoms with Crippen LogP contribution in [0.3, 0.4) is 0 Å². The molecule has 1 N–H and O–H groups in total. The molecular weight excluding hydrogens is 254 g/mol. The molecule has 2 aromatic rings. The molecule has 1 aliphatic heterocycles. The van der Waals surface area contributed by atoms with Gasteiger partial charge in [0.15, 0.2) is 5.13 Å². The van der Waals surface area contributed by atoms with Crippen LogP contribution in [-0.4, -0.2) is 31.2 Å². The number of hydrogen-bond donors (Lipinski definition) is 1. The summed E-state index contributed by atoms with van der Waals surface area (Å²) in [5.74, 6) is 0. The third-order valence-corrected chi connectivity index (χ3v) is 4.68. The van der Waals surface area contributed by atoms with E-state index >= 15 is 0 Å². The van der Waals surface area contributed by atoms with Crippen LogP contribution >= 0.6 is 11.3 Å². The Morgan fingerprint density at radius 2 is 1.95 bits per heavy atom. The minimum atomic E-state index is 0.147. The molecule has 0 amide bonds. The Hall–Kier alpha value is -1.13. The molecule has 1 saturated heterocycles. The van der Waals surface area contributed by atoms with E-state index in [9.17, 15) is 0 Å². The third kappa shape index (κ3) is 2.47. The van der Waals surface area contributed by atoms with Gasteiger partial charge in [0.05, 0.1) is 10.2 Å². The van der Waals surface area contributed by atoms with Gasteiger partial charge in [0.25, 0.3) is 0 Å². The second-order valence-corrected chi connectivity index (χ2v) is 7.14. The van der Waals surface area contributed by atoms with Crippen LogP contribution in [0.2, 0.25) is 0 Å². The number of aromatic nitrogens is 1. The van der Waals surface area contributed by atoms with Crippen LogP contribution in [0.15, 0.2) is 18.2 Å². The molecule has 3 rings (SSSR count). The van der Waals surface area contributed by atoms with Crippen molar-refractivity contribution in [1.82, 2.24) is 10.3 Å². The quantitative estimate of drug-likeness (QED) is 0.867. The fourth-order valence-electron chi connectivity index (χ4n) is 2.53. The van der Waals surface area contributed by atoms with Crippen molar-refractivity contribution in [3.05, 3.63) is 23.8 Å². The Labute approximate surface area is 118 Å². The zero-order chi connectivity index (χ0) is 13.5. The Bertz CT molecular complexity index is 577. The SMILES string of the molecule is CC(C)(C)c1cccc2sc(N3CCNCC3)nc12. The number of thiazole rings is 1. The summed E-state index contributed by atoms with van der Waals surface area (Å²) in [6.45, 7) is 11.0. The van der Waals surface area contributed by atoms with Crippen molar-refractivity contribution in [2.24, 2.45) is 0 Å². The van der Waals surface area contributed by atoms with Crippen LogP contribution in [-0.2, 0) is 5.41 Å². The van der Waals surface area contributed by atoms with Gasteiger partial charge >= 0.3 is 0 Å². The number of anilines is 1. The number of nitrogens with zero attached hydrogens (tertiary/aromatic N) is 2. The van der Waals surface area contributed by atoms with Crippen LogP contribution in [0.4, 0.5) is 5.13 Å². The van der Waals surface area contributed by atoms with Crippen molar-refractivity contribution in [3.8, 4) is 0 Å². The number of rotatable bonds is 1. The van der Waals surface area contributed by atoms with Gasteiger partial charge in [0.1, 0.15) is 0 Å². The number of fused-ring (bicyclic) bond motifs is 1. The molecule has 3 nitrogen and oxygen atoms in total. The molecule has 0 spiro atoms. The maximum atomic E-state index is 4.92. The first-order chi connectivity index (χ1) is 9.05. The lowest BCUT2D eigenvalue weighted by Gasteiger charge is -2.26. The molecule has 0 unspecified atom stereocenters. The minimum Gasteiger partial charge on any atom is -0.346 e. The van der Waals surface area contributed by atoms with Crippen molar-refractivity contribution in [2.45, 2.75) is 26.2 Å². The molecule has 1 aromatic carbocycles. The molecular formula is C15H21N3S. The maximum Gasteiger partial charge on any atom is 0.186 e. The van der Waals surface area contributed by atoms with Gasteiger partial charge in [0, 0.05) is 26.2 Å². The summed E-state index contributed by atoms with van der Waals surface area (Å²) < 4.78 is 1.31. The lowest BCUT2D eigenvalue weighted by Crippen LogP contribution is -2.43. The average molecular weight is 275 g/mol. The first-order valence-corrected chi connectivity index (χ1v) is 7.73. The molecule has 1 aromatic heterocycles. The van der Waals surface area contributed by atoms with Crippen molar-refractivity contribution in [2.75, 3.05) is 31.1 Å². The van der Waals surface area contributed by atoms with Crippen LogP contribution in [0.25, 0.3) is 10.2 Å². The van der Waals surface area contributed by atoms with Crippen LogP contribution in [0.1, 0.15) is 26.3 Å². The minimum absolute atomic E-state index is 0.147. The Kier molecular flexibility index (Phi) is 3.23. The highest BCUT2D eigenvalue weighted by Gasteiger charge is 2.21. The number of hydrogen-bond acceptors (Lipinski definition) is 4. The molecule has 0 aliphatic carbocycles. The largest absolute Gasteiger partial charge is 0.346 e. The second kappa shape index (κ2) is 4.76. The van der Waals surface area contributed by atoms with Gasteiger partial charge < -0.3 is 10.2 Å². The van der Waals surface area contributed by atoms with E-state index in [1.54, 1.807) is 0 Å². The lowest BCUT2D eigenvalue weighted by molar-refractivity contribution is 0.587. The highest BCUT2D eigenvalue weighted by Crippen LogP contribution is 2.35. The summed E-state index contributed by atoms with van der Waals surface area (Å²) >= 11 is 1.82. The zero-order valence-corrected chi connectivity index (χ0v) is 12.7. The number of piperazine rings is 1. The van der Waals surface area contributed by atoms with E-state index in [2.05, 4.69) is 49.2 Å². The molecule has 19 heavy (non-hydrogen) atoms. The Morgan fingerprint density at radius 1 is 1.21 bits per heavy atom. The van der Waals surface area contributed by atoms with E-state index < -0.39 is 0 Å². The first-order valence-electron chi connectivity index (χ1n) is 6.91. The van der Waals surface area contributed by atoms with Gasteiger partial charge in [0.2, 0.25) is 0 Å². The molecule has 102 valence electrons. The molecule has 0 radical (unpaired) electrons. The van der Waals surface area contributed by atoms with E-state index in [1.165, 1.54) is 20.9 Å². The van der Waals surface area contributed by atoms with E-state index in [-0.39, 0.29) is 5.41 Å². The molecule has 0 saturated carbocycles. The summed E-state index contributed by atoms with van der Waals surface area (Å²) in [5.41, 5.74) is 2.69. The molecule has 1 aliphatic rings. The maximum absolute atomic E-state index is 4.92. The predicted molar refractivity (Wildman–Crippen MR) is 83.4 cm³/mol. The van der Waals surface area contributed by atoms with E-state index in [4.69, 9.17) is 4.98 Å². The second-order valence-electron chi connectivity index (χ2n) is 6.14. The van der Waals surface area contributed by atoms with Crippen molar-refractivity contribution in [3.63, 3.8) is 0 Å². The standard InChI is InChI=1S/C15H21N3S/c1-15(2,3)11-5-4-6-12-13(11)17-14(19-12)18-9-7-16-8-10-18/h4-6,16H,7-10H2,1-3H3. The Balaban J connectivity index is 2.05. The number of nitrogens with one attached hydrogen (secondary N) is 1. The summed E-state index contributed by atoms with van der Waals surface area (Å²) in [5, 5.41) is 4.56. The number of benzene rings is 1. The Morgan fingerprint density at radius 3 is 2.63 bits per heavy atom. The fourth-order valence-corrected chi connectivity index (χ4v) is 3.58. The summed E-state index contributed by atoms with van der Waals surface area (Å²) in [6, 6.07) is 6.56. The average Bonchev–Trinajstić information content (AvgIpc) is 2.82.